The number of aromatic hydroxyl groups is 2. The maximum atomic E-state index is 10.0. The molecule has 0 unspecified atom stereocenters. The van der Waals surface area contributed by atoms with Gasteiger partial charge in [-0.2, -0.15) is 0 Å². The summed E-state index contributed by atoms with van der Waals surface area (Å²) in [6.07, 6.45) is 20.7. The van der Waals surface area contributed by atoms with Crippen molar-refractivity contribution in [1.82, 2.24) is 0 Å². The van der Waals surface area contributed by atoms with Crippen molar-refractivity contribution in [2.75, 3.05) is 24.4 Å². The highest BCUT2D eigenvalue weighted by atomic mass is 32.2. The Morgan fingerprint density at radius 2 is 0.699 bits per heavy atom. The third kappa shape index (κ3) is 8.54. The largest absolute Gasteiger partial charge is 0.508 e. The predicted octanol–water partition coefficient (Wildman–Crippen LogP) is 19.2. The maximum Gasteiger partial charge on any atom is 0.120 e. The fraction of sp³-hybridized carbons (Fsp3) is 0.731. The molecule has 0 spiro atoms. The zero-order valence-electron chi connectivity index (χ0n) is 48.7. The van der Waals surface area contributed by atoms with Crippen LogP contribution in [-0.4, -0.2) is 34.6 Å². The number of aryl methyl sites for hydroxylation is 3. The van der Waals surface area contributed by atoms with Crippen LogP contribution in [0.3, 0.4) is 0 Å². The molecule has 3 heterocycles. The highest BCUT2D eigenvalue weighted by Gasteiger charge is 2.63. The zero-order chi connectivity index (χ0) is 52.7. The third-order valence-corrected chi connectivity index (χ3v) is 27.8. The molecule has 3 aromatic rings. The average Bonchev–Trinajstić information content (AvgIpc) is 3.27. The summed E-state index contributed by atoms with van der Waals surface area (Å²) < 4.78 is 5.55. The Labute approximate surface area is 457 Å². The third-order valence-electron chi connectivity index (χ3n) is 24.4. The number of benzene rings is 3. The summed E-state index contributed by atoms with van der Waals surface area (Å²) in [4.78, 5) is 4.15. The summed E-state index contributed by atoms with van der Waals surface area (Å²) in [6, 6.07) is 12.5. The van der Waals surface area contributed by atoms with Crippen molar-refractivity contribution in [1.29, 1.82) is 0 Å². The molecule has 12 atom stereocenters. The van der Waals surface area contributed by atoms with E-state index in [1.54, 1.807) is 23.8 Å². The second kappa shape index (κ2) is 18.6. The van der Waals surface area contributed by atoms with E-state index in [-0.39, 0.29) is 10.8 Å². The minimum Gasteiger partial charge on any atom is -0.508 e. The van der Waals surface area contributed by atoms with Crippen LogP contribution in [0.1, 0.15) is 213 Å². The molecule has 402 valence electrons. The van der Waals surface area contributed by atoms with Crippen LogP contribution in [0.15, 0.2) is 51.1 Å². The second-order valence-electron chi connectivity index (χ2n) is 29.7. The van der Waals surface area contributed by atoms with Crippen molar-refractivity contribution < 1.29 is 14.9 Å². The number of phenolic OH excluding ortho intramolecular Hbond substituents is 2. The molecule has 2 N–H and O–H groups in total. The van der Waals surface area contributed by atoms with Crippen LogP contribution in [0.4, 0.5) is 0 Å². The predicted molar refractivity (Wildman–Crippen MR) is 314 cm³/mol. The van der Waals surface area contributed by atoms with Gasteiger partial charge in [-0.05, 0) is 252 Å². The normalized spacial score (nSPS) is 39.9. The first-order chi connectivity index (χ1) is 34.1. The van der Waals surface area contributed by atoms with E-state index in [9.17, 15) is 10.2 Å². The SMILES string of the molecule is COc1cc(C)c2c(c1)SC[C@@H]1[C@@]3(C)CCCC(C)(C)[C@@H]3CC[C@@]21C.Cc1cc(O)cc2c1[C@]1(C)CC[C@H]3C(C)(C)CCC[C@]3(C)[C@H]1CS2.Cc1cc(O)cc2c1[C@]1(C)CC[C@H]3C(C)(C)CCC[C@]3(C)[C@H]1CS2. The molecule has 0 radical (unpaired) electrons. The molecule has 6 fully saturated rings. The molecular formula is C67H98O3S3. The summed E-state index contributed by atoms with van der Waals surface area (Å²) in [5, 5.41) is 20.1. The summed E-state index contributed by atoms with van der Waals surface area (Å²) in [7, 11) is 1.79. The van der Waals surface area contributed by atoms with E-state index in [4.69, 9.17) is 4.74 Å². The first kappa shape index (κ1) is 54.5. The minimum absolute atomic E-state index is 0.275. The van der Waals surface area contributed by atoms with E-state index in [1.807, 2.05) is 47.8 Å². The van der Waals surface area contributed by atoms with Gasteiger partial charge in [-0.15, -0.1) is 35.3 Å². The Morgan fingerprint density at radius 1 is 0.397 bits per heavy atom. The highest BCUT2D eigenvalue weighted by molar-refractivity contribution is 7.99. The number of methoxy groups -OCH3 is 1. The Morgan fingerprint density at radius 3 is 1.01 bits per heavy atom. The lowest BCUT2D eigenvalue weighted by molar-refractivity contribution is -0.0976. The molecule has 3 aliphatic heterocycles. The Kier molecular flexibility index (Phi) is 13.9. The molecule has 0 saturated heterocycles. The fourth-order valence-corrected chi connectivity index (χ4v) is 26.8. The number of hydrogen-bond donors (Lipinski definition) is 2. The highest BCUT2D eigenvalue weighted by Crippen LogP contribution is 2.71. The van der Waals surface area contributed by atoms with E-state index in [1.165, 1.54) is 145 Å². The Bertz CT molecular complexity index is 2500. The van der Waals surface area contributed by atoms with Crippen LogP contribution in [0, 0.1) is 88.8 Å². The van der Waals surface area contributed by atoms with Gasteiger partial charge in [0, 0.05) is 31.9 Å². The Balaban J connectivity index is 0.000000126. The number of rotatable bonds is 1. The Hall–Kier alpha value is -1.89. The lowest BCUT2D eigenvalue weighted by Gasteiger charge is -2.64. The summed E-state index contributed by atoms with van der Waals surface area (Å²) in [5.41, 5.74) is 12.5. The molecule has 0 aromatic heterocycles. The molecule has 73 heavy (non-hydrogen) atoms. The summed E-state index contributed by atoms with van der Waals surface area (Å²) >= 11 is 6.08. The van der Waals surface area contributed by atoms with Gasteiger partial charge >= 0.3 is 0 Å². The van der Waals surface area contributed by atoms with E-state index in [0.717, 1.165) is 41.3 Å². The topological polar surface area (TPSA) is 49.7 Å². The van der Waals surface area contributed by atoms with Crippen molar-refractivity contribution in [3.63, 3.8) is 0 Å². The molecule has 3 aromatic carbocycles. The molecule has 0 amide bonds. The van der Waals surface area contributed by atoms with Gasteiger partial charge in [0.05, 0.1) is 7.11 Å². The first-order valence-corrected chi connectivity index (χ1v) is 32.3. The van der Waals surface area contributed by atoms with Crippen LogP contribution in [0.2, 0.25) is 0 Å². The number of phenols is 2. The van der Waals surface area contributed by atoms with Crippen molar-refractivity contribution in [2.45, 2.75) is 231 Å². The summed E-state index contributed by atoms with van der Waals surface area (Å²) in [6.45, 7) is 37.4. The molecule has 9 aliphatic rings. The molecule has 12 rings (SSSR count). The van der Waals surface area contributed by atoms with Gasteiger partial charge in [0.1, 0.15) is 17.2 Å². The number of ether oxygens (including phenoxy) is 1. The van der Waals surface area contributed by atoms with Crippen LogP contribution in [0.5, 0.6) is 17.2 Å². The van der Waals surface area contributed by atoms with Crippen molar-refractivity contribution in [3.05, 3.63) is 69.8 Å². The molecule has 6 aliphatic carbocycles. The average molecular weight is 1050 g/mol. The van der Waals surface area contributed by atoms with Gasteiger partial charge in [-0.1, -0.05) is 102 Å². The van der Waals surface area contributed by atoms with Crippen molar-refractivity contribution in [2.24, 2.45) is 68.0 Å². The van der Waals surface area contributed by atoms with Crippen LogP contribution >= 0.6 is 35.3 Å². The second-order valence-corrected chi connectivity index (χ2v) is 32.9. The monoisotopic (exact) mass is 1050 g/mol. The van der Waals surface area contributed by atoms with Gasteiger partial charge in [-0.3, -0.25) is 0 Å². The fourth-order valence-electron chi connectivity index (χ4n) is 21.3. The first-order valence-electron chi connectivity index (χ1n) is 29.3. The van der Waals surface area contributed by atoms with E-state index >= 15 is 0 Å². The van der Waals surface area contributed by atoms with Crippen LogP contribution in [0.25, 0.3) is 0 Å². The van der Waals surface area contributed by atoms with Crippen molar-refractivity contribution >= 4 is 35.3 Å². The lowest BCUT2D eigenvalue weighted by Crippen LogP contribution is -2.58. The van der Waals surface area contributed by atoms with Gasteiger partial charge in [0.25, 0.3) is 0 Å². The smallest absolute Gasteiger partial charge is 0.120 e. The molecule has 3 nitrogen and oxygen atoms in total. The molecule has 6 heteroatoms. The maximum absolute atomic E-state index is 10.0. The number of fused-ring (bicyclic) bond motifs is 15. The minimum atomic E-state index is 0.275. The van der Waals surface area contributed by atoms with Gasteiger partial charge < -0.3 is 14.9 Å². The van der Waals surface area contributed by atoms with Gasteiger partial charge in [-0.25, -0.2) is 0 Å². The lowest BCUT2D eigenvalue weighted by atomic mass is 9.42. The van der Waals surface area contributed by atoms with Crippen LogP contribution < -0.4 is 4.74 Å². The number of hydrogen-bond acceptors (Lipinski definition) is 6. The van der Waals surface area contributed by atoms with E-state index in [0.29, 0.717) is 49.4 Å². The van der Waals surface area contributed by atoms with Crippen LogP contribution in [-0.2, 0) is 16.2 Å². The molecular weight excluding hydrogens is 949 g/mol. The van der Waals surface area contributed by atoms with Crippen molar-refractivity contribution in [3.8, 4) is 17.2 Å². The van der Waals surface area contributed by atoms with E-state index in [2.05, 4.69) is 128 Å². The number of thioether (sulfide) groups is 3. The standard InChI is InChI=1S/C23H34OS.2C22H32OS/c1-15-12-16(24-6)13-17-20(15)23(5)11-8-18-21(2,3)9-7-10-22(18,4)19(23)14-25-17;2*1-14-11-15(23)12-16-19(14)22(5)10-7-17-20(2,3)8-6-9-21(17,4)18(22)13-24-16/h12-13,18-19H,7-11,14H2,1-6H3;2*11-12,17-18,23H,6-10,13H2,1-5H3/t18-,19+,22-,23+;2*17-,18+,21-,22+/m000/s1. The quantitative estimate of drug-likeness (QED) is 0.253. The zero-order valence-corrected chi connectivity index (χ0v) is 51.1. The molecule has 6 saturated carbocycles. The van der Waals surface area contributed by atoms with Gasteiger partial charge in [0.2, 0.25) is 0 Å². The summed E-state index contributed by atoms with van der Waals surface area (Å²) in [5.74, 6) is 10.5. The van der Waals surface area contributed by atoms with E-state index < -0.39 is 0 Å². The van der Waals surface area contributed by atoms with Gasteiger partial charge in [0.15, 0.2) is 0 Å². The molecule has 0 bridgehead atoms.